The van der Waals surface area contributed by atoms with Crippen molar-refractivity contribution in [2.75, 3.05) is 27.4 Å². The highest BCUT2D eigenvalue weighted by Crippen LogP contribution is 2.27. The van der Waals surface area contributed by atoms with Gasteiger partial charge >= 0.3 is 0 Å². The van der Waals surface area contributed by atoms with Crippen LogP contribution < -0.4 is 10.1 Å². The molecule has 2 aromatic carbocycles. The first-order valence-electron chi connectivity index (χ1n) is 6.13. The van der Waals surface area contributed by atoms with Crippen LogP contribution in [-0.4, -0.2) is 27.4 Å². The summed E-state index contributed by atoms with van der Waals surface area (Å²) in [6, 6.07) is 12.5. The summed E-state index contributed by atoms with van der Waals surface area (Å²) in [7, 11) is 3.62. The molecule has 96 valence electrons. The Morgan fingerprint density at radius 1 is 1.06 bits per heavy atom. The van der Waals surface area contributed by atoms with Gasteiger partial charge in [0.1, 0.15) is 12.4 Å². The standard InChI is InChI=1S/C15H19NO2/c1-16-11-14-13-6-4-3-5-12(13)7-8-15(14)18-10-9-17-2/h3-8,16H,9-11H2,1-2H3. The Balaban J connectivity index is 2.35. The summed E-state index contributed by atoms with van der Waals surface area (Å²) < 4.78 is 10.8. The molecule has 0 aliphatic carbocycles. The topological polar surface area (TPSA) is 30.5 Å². The Morgan fingerprint density at radius 3 is 2.67 bits per heavy atom. The van der Waals surface area contributed by atoms with E-state index in [1.807, 2.05) is 13.1 Å². The fourth-order valence-corrected chi connectivity index (χ4v) is 2.05. The SMILES string of the molecule is CNCc1c(OCCOC)ccc2ccccc12. The van der Waals surface area contributed by atoms with E-state index in [0.29, 0.717) is 13.2 Å². The first-order chi connectivity index (χ1) is 8.86. The number of benzene rings is 2. The Bertz CT molecular complexity index is 511. The Kier molecular flexibility index (Phi) is 4.56. The maximum Gasteiger partial charge on any atom is 0.124 e. The van der Waals surface area contributed by atoms with E-state index in [1.165, 1.54) is 16.3 Å². The molecule has 0 amide bonds. The second-order valence-electron chi connectivity index (χ2n) is 4.13. The van der Waals surface area contributed by atoms with Crippen LogP contribution in [0.2, 0.25) is 0 Å². The third kappa shape index (κ3) is 2.81. The van der Waals surface area contributed by atoms with E-state index >= 15 is 0 Å². The lowest BCUT2D eigenvalue weighted by Crippen LogP contribution is -2.10. The summed E-state index contributed by atoms with van der Waals surface area (Å²) in [5.41, 5.74) is 1.20. The largest absolute Gasteiger partial charge is 0.491 e. The number of methoxy groups -OCH3 is 1. The monoisotopic (exact) mass is 245 g/mol. The summed E-state index contributed by atoms with van der Waals surface area (Å²) in [6.07, 6.45) is 0. The maximum atomic E-state index is 5.77. The Morgan fingerprint density at radius 2 is 1.89 bits per heavy atom. The van der Waals surface area contributed by atoms with Crippen LogP contribution >= 0.6 is 0 Å². The molecule has 0 heterocycles. The molecule has 0 fully saturated rings. The molecule has 0 atom stereocenters. The molecule has 0 saturated heterocycles. The van der Waals surface area contributed by atoms with Gasteiger partial charge in [0.05, 0.1) is 6.61 Å². The molecule has 0 unspecified atom stereocenters. The highest BCUT2D eigenvalue weighted by Gasteiger charge is 2.07. The van der Waals surface area contributed by atoms with Crippen LogP contribution in [0.1, 0.15) is 5.56 Å². The fourth-order valence-electron chi connectivity index (χ4n) is 2.05. The van der Waals surface area contributed by atoms with Crippen molar-refractivity contribution in [2.24, 2.45) is 0 Å². The highest BCUT2D eigenvalue weighted by molar-refractivity contribution is 5.87. The van der Waals surface area contributed by atoms with Gasteiger partial charge in [-0.3, -0.25) is 0 Å². The molecule has 0 aromatic heterocycles. The number of ether oxygens (including phenoxy) is 2. The van der Waals surface area contributed by atoms with E-state index in [0.717, 1.165) is 12.3 Å². The van der Waals surface area contributed by atoms with Gasteiger partial charge in [0, 0.05) is 19.2 Å². The van der Waals surface area contributed by atoms with Crippen molar-refractivity contribution in [1.29, 1.82) is 0 Å². The van der Waals surface area contributed by atoms with Gasteiger partial charge in [-0.1, -0.05) is 30.3 Å². The van der Waals surface area contributed by atoms with Crippen LogP contribution in [0, 0.1) is 0 Å². The van der Waals surface area contributed by atoms with Gasteiger partial charge < -0.3 is 14.8 Å². The molecule has 3 heteroatoms. The normalized spacial score (nSPS) is 10.8. The molecule has 2 rings (SSSR count). The number of hydrogen-bond acceptors (Lipinski definition) is 3. The molecule has 0 spiro atoms. The molecule has 0 radical (unpaired) electrons. The van der Waals surface area contributed by atoms with Crippen molar-refractivity contribution in [3.05, 3.63) is 42.0 Å². The lowest BCUT2D eigenvalue weighted by Gasteiger charge is -2.14. The van der Waals surface area contributed by atoms with Crippen molar-refractivity contribution in [3.8, 4) is 5.75 Å². The highest BCUT2D eigenvalue weighted by atomic mass is 16.5. The smallest absolute Gasteiger partial charge is 0.124 e. The van der Waals surface area contributed by atoms with Gasteiger partial charge in [-0.25, -0.2) is 0 Å². The molecule has 0 aliphatic rings. The minimum absolute atomic E-state index is 0.575. The first kappa shape index (κ1) is 12.9. The third-order valence-electron chi connectivity index (χ3n) is 2.90. The molecule has 0 aliphatic heterocycles. The lowest BCUT2D eigenvalue weighted by atomic mass is 10.0. The zero-order valence-corrected chi connectivity index (χ0v) is 10.9. The van der Waals surface area contributed by atoms with Crippen molar-refractivity contribution in [1.82, 2.24) is 5.32 Å². The third-order valence-corrected chi connectivity index (χ3v) is 2.90. The zero-order valence-electron chi connectivity index (χ0n) is 10.9. The van der Waals surface area contributed by atoms with Crippen LogP contribution in [-0.2, 0) is 11.3 Å². The van der Waals surface area contributed by atoms with Crippen LogP contribution in [0.4, 0.5) is 0 Å². The average molecular weight is 245 g/mol. The van der Waals surface area contributed by atoms with Crippen molar-refractivity contribution in [2.45, 2.75) is 6.54 Å². The van der Waals surface area contributed by atoms with Gasteiger partial charge in [0.15, 0.2) is 0 Å². The molecule has 18 heavy (non-hydrogen) atoms. The van der Waals surface area contributed by atoms with Gasteiger partial charge in [-0.15, -0.1) is 0 Å². The summed E-state index contributed by atoms with van der Waals surface area (Å²) in [4.78, 5) is 0. The molecule has 3 nitrogen and oxygen atoms in total. The quantitative estimate of drug-likeness (QED) is 0.793. The predicted molar refractivity (Wildman–Crippen MR) is 74.1 cm³/mol. The summed E-state index contributed by atoms with van der Waals surface area (Å²) in [6.45, 7) is 1.97. The van der Waals surface area contributed by atoms with Crippen molar-refractivity contribution in [3.63, 3.8) is 0 Å². The zero-order chi connectivity index (χ0) is 12.8. The summed E-state index contributed by atoms with van der Waals surface area (Å²) >= 11 is 0. The Labute approximate surface area is 108 Å². The van der Waals surface area contributed by atoms with Crippen molar-refractivity contribution >= 4 is 10.8 Å². The average Bonchev–Trinajstić information content (AvgIpc) is 2.41. The predicted octanol–water partition coefficient (Wildman–Crippen LogP) is 2.58. The first-order valence-corrected chi connectivity index (χ1v) is 6.13. The summed E-state index contributed by atoms with van der Waals surface area (Å²) in [5, 5.41) is 5.67. The van der Waals surface area contributed by atoms with Gasteiger partial charge in [0.25, 0.3) is 0 Å². The van der Waals surface area contributed by atoms with E-state index in [1.54, 1.807) is 7.11 Å². The van der Waals surface area contributed by atoms with Crippen molar-refractivity contribution < 1.29 is 9.47 Å². The second-order valence-corrected chi connectivity index (χ2v) is 4.13. The van der Waals surface area contributed by atoms with Crippen LogP contribution in [0.25, 0.3) is 10.8 Å². The van der Waals surface area contributed by atoms with Crippen LogP contribution in [0.5, 0.6) is 5.75 Å². The summed E-state index contributed by atoms with van der Waals surface area (Å²) in [5.74, 6) is 0.931. The van der Waals surface area contributed by atoms with E-state index in [-0.39, 0.29) is 0 Å². The van der Waals surface area contributed by atoms with Gasteiger partial charge in [-0.05, 0) is 23.9 Å². The molecule has 1 N–H and O–H groups in total. The number of nitrogens with one attached hydrogen (secondary N) is 1. The van der Waals surface area contributed by atoms with E-state index in [9.17, 15) is 0 Å². The Hall–Kier alpha value is -1.58. The van der Waals surface area contributed by atoms with E-state index in [4.69, 9.17) is 9.47 Å². The molecule has 0 bridgehead atoms. The molecular formula is C15H19NO2. The molecular weight excluding hydrogens is 226 g/mol. The minimum Gasteiger partial charge on any atom is -0.491 e. The maximum absolute atomic E-state index is 5.77. The number of hydrogen-bond donors (Lipinski definition) is 1. The number of rotatable bonds is 6. The molecule has 2 aromatic rings. The molecule has 0 saturated carbocycles. The number of fused-ring (bicyclic) bond motifs is 1. The minimum atomic E-state index is 0.575. The van der Waals surface area contributed by atoms with Gasteiger partial charge in [-0.2, -0.15) is 0 Å². The van der Waals surface area contributed by atoms with E-state index in [2.05, 4.69) is 35.6 Å². The van der Waals surface area contributed by atoms with Crippen LogP contribution in [0.15, 0.2) is 36.4 Å². The van der Waals surface area contributed by atoms with Crippen LogP contribution in [0.3, 0.4) is 0 Å². The van der Waals surface area contributed by atoms with Gasteiger partial charge in [0.2, 0.25) is 0 Å². The fraction of sp³-hybridized carbons (Fsp3) is 0.333. The lowest BCUT2D eigenvalue weighted by molar-refractivity contribution is 0.146. The van der Waals surface area contributed by atoms with E-state index < -0.39 is 0 Å². The second kappa shape index (κ2) is 6.38.